The molecule has 1 heterocycles. The molecule has 2 aromatic rings. The van der Waals surface area contributed by atoms with Gasteiger partial charge < -0.3 is 0 Å². The van der Waals surface area contributed by atoms with Crippen molar-refractivity contribution in [3.63, 3.8) is 0 Å². The van der Waals surface area contributed by atoms with E-state index in [1.54, 1.807) is 6.07 Å². The zero-order chi connectivity index (χ0) is 17.5. The van der Waals surface area contributed by atoms with Gasteiger partial charge in [-0.25, -0.2) is 8.42 Å². The number of hydrogen-bond donors (Lipinski definition) is 0. The fraction of sp³-hybridized carbons (Fsp3) is 0.118. The highest BCUT2D eigenvalue weighted by Gasteiger charge is 2.32. The van der Waals surface area contributed by atoms with Gasteiger partial charge in [-0.3, -0.25) is 4.79 Å². The van der Waals surface area contributed by atoms with Crippen molar-refractivity contribution in [1.82, 2.24) is 0 Å². The molecule has 0 spiro atoms. The Morgan fingerprint density at radius 2 is 1.58 bits per heavy atom. The number of halogens is 3. The van der Waals surface area contributed by atoms with E-state index in [1.807, 2.05) is 0 Å². The number of hydrogen-bond acceptors (Lipinski definition) is 3. The summed E-state index contributed by atoms with van der Waals surface area (Å²) >= 11 is 0. The molecule has 0 N–H and O–H groups in total. The van der Waals surface area contributed by atoms with Crippen molar-refractivity contribution >= 4 is 21.7 Å². The van der Waals surface area contributed by atoms with Crippen LogP contribution < -0.4 is 0 Å². The molecule has 0 unspecified atom stereocenters. The lowest BCUT2D eigenvalue weighted by Crippen LogP contribution is -2.24. The Kier molecular flexibility index (Phi) is 3.83. The van der Waals surface area contributed by atoms with Crippen LogP contribution in [0.1, 0.15) is 21.5 Å². The van der Waals surface area contributed by atoms with Crippen molar-refractivity contribution in [1.29, 1.82) is 0 Å². The Hall–Kier alpha value is -2.41. The second-order valence-electron chi connectivity index (χ2n) is 5.37. The molecule has 0 saturated heterocycles. The summed E-state index contributed by atoms with van der Waals surface area (Å²) in [6.07, 6.45) is -3.13. The second kappa shape index (κ2) is 5.59. The summed E-state index contributed by atoms with van der Waals surface area (Å²) in [6.45, 7) is 0. The summed E-state index contributed by atoms with van der Waals surface area (Å²) in [5, 5.41) is 0. The van der Waals surface area contributed by atoms with E-state index in [0.717, 1.165) is 12.1 Å². The van der Waals surface area contributed by atoms with Crippen LogP contribution in [0.25, 0.3) is 6.08 Å². The number of ketones is 1. The molecule has 0 fully saturated rings. The number of carbonyl (C=O) groups is 1. The number of sulfone groups is 1. The SMILES string of the molecule is O=C1C(=Cc2ccc(C(F)(F)F)cc2)CS(=O)(=O)c2ccccc21. The van der Waals surface area contributed by atoms with Crippen molar-refractivity contribution < 1.29 is 26.4 Å². The van der Waals surface area contributed by atoms with E-state index in [2.05, 4.69) is 0 Å². The molecule has 3 rings (SSSR count). The normalized spacial score (nSPS) is 18.5. The average Bonchev–Trinajstić information content (AvgIpc) is 2.52. The quantitative estimate of drug-likeness (QED) is 0.735. The van der Waals surface area contributed by atoms with Crippen LogP contribution in [0.15, 0.2) is 59.0 Å². The topological polar surface area (TPSA) is 51.2 Å². The summed E-state index contributed by atoms with van der Waals surface area (Å²) in [5.41, 5.74) is -0.353. The summed E-state index contributed by atoms with van der Waals surface area (Å²) < 4.78 is 62.2. The van der Waals surface area contributed by atoms with Crippen molar-refractivity contribution in [3.8, 4) is 0 Å². The summed E-state index contributed by atoms with van der Waals surface area (Å²) in [7, 11) is -3.64. The minimum Gasteiger partial charge on any atom is -0.289 e. The van der Waals surface area contributed by atoms with E-state index in [9.17, 15) is 26.4 Å². The van der Waals surface area contributed by atoms with Gasteiger partial charge in [-0.05, 0) is 35.9 Å². The number of benzene rings is 2. The fourth-order valence-electron chi connectivity index (χ4n) is 2.52. The van der Waals surface area contributed by atoms with Crippen molar-refractivity contribution in [2.45, 2.75) is 11.1 Å². The number of fused-ring (bicyclic) bond motifs is 1. The first-order valence-corrected chi connectivity index (χ1v) is 8.58. The van der Waals surface area contributed by atoms with Gasteiger partial charge in [0.15, 0.2) is 15.6 Å². The minimum absolute atomic E-state index is 0.0143. The number of Topliss-reactive ketones (excluding diaryl/α,β-unsaturated/α-hetero) is 1. The van der Waals surface area contributed by atoms with Crippen molar-refractivity contribution in [2.24, 2.45) is 0 Å². The molecule has 0 amide bonds. The molecule has 124 valence electrons. The largest absolute Gasteiger partial charge is 0.416 e. The van der Waals surface area contributed by atoms with Crippen LogP contribution >= 0.6 is 0 Å². The van der Waals surface area contributed by atoms with Crippen LogP contribution in [0, 0.1) is 0 Å². The fourth-order valence-corrected chi connectivity index (χ4v) is 4.08. The van der Waals surface area contributed by atoms with Gasteiger partial charge in [-0.1, -0.05) is 24.3 Å². The molecule has 7 heteroatoms. The molecular formula is C17H11F3O3S. The average molecular weight is 352 g/mol. The van der Waals surface area contributed by atoms with Gasteiger partial charge in [0.2, 0.25) is 0 Å². The summed E-state index contributed by atoms with van der Waals surface area (Å²) in [4.78, 5) is 12.4. The van der Waals surface area contributed by atoms with Gasteiger partial charge in [0.1, 0.15) is 0 Å². The van der Waals surface area contributed by atoms with Gasteiger partial charge in [-0.2, -0.15) is 13.2 Å². The van der Waals surface area contributed by atoms with Gasteiger partial charge in [-0.15, -0.1) is 0 Å². The van der Waals surface area contributed by atoms with E-state index in [4.69, 9.17) is 0 Å². The Labute approximate surface area is 136 Å². The first-order chi connectivity index (χ1) is 11.2. The van der Waals surface area contributed by atoms with Gasteiger partial charge >= 0.3 is 6.18 Å². The lowest BCUT2D eigenvalue weighted by molar-refractivity contribution is -0.137. The molecule has 3 nitrogen and oxygen atoms in total. The number of carbonyl (C=O) groups excluding carboxylic acids is 1. The van der Waals surface area contributed by atoms with E-state index < -0.39 is 33.1 Å². The van der Waals surface area contributed by atoms with Crippen molar-refractivity contribution in [2.75, 3.05) is 5.75 Å². The van der Waals surface area contributed by atoms with Gasteiger partial charge in [0, 0.05) is 11.1 Å². The molecule has 2 aromatic carbocycles. The van der Waals surface area contributed by atoms with E-state index in [0.29, 0.717) is 5.56 Å². The molecule has 1 aliphatic rings. The molecule has 0 aliphatic carbocycles. The maximum absolute atomic E-state index is 12.6. The first-order valence-electron chi connectivity index (χ1n) is 6.93. The Morgan fingerprint density at radius 3 is 2.21 bits per heavy atom. The van der Waals surface area contributed by atoms with Crippen LogP contribution in [0.4, 0.5) is 13.2 Å². The second-order valence-corrected chi connectivity index (χ2v) is 7.33. The van der Waals surface area contributed by atoms with Gasteiger partial charge in [0.05, 0.1) is 16.2 Å². The Balaban J connectivity index is 2.02. The van der Waals surface area contributed by atoms with Crippen LogP contribution in [0.2, 0.25) is 0 Å². The highest BCUT2D eigenvalue weighted by atomic mass is 32.2. The summed E-state index contributed by atoms with van der Waals surface area (Å²) in [6, 6.07) is 10.1. The van der Waals surface area contributed by atoms with E-state index >= 15 is 0 Å². The number of alkyl halides is 3. The first kappa shape index (κ1) is 16.4. The highest BCUT2D eigenvalue weighted by Crippen LogP contribution is 2.31. The third kappa shape index (κ3) is 2.99. The standard InChI is InChI=1S/C17H11F3O3S/c18-17(19,20)13-7-5-11(6-8-13)9-12-10-24(22,23)15-4-2-1-3-14(15)16(12)21/h1-9H,10H2. The summed E-state index contributed by atoms with van der Waals surface area (Å²) in [5.74, 6) is -0.899. The lowest BCUT2D eigenvalue weighted by Gasteiger charge is -2.17. The highest BCUT2D eigenvalue weighted by molar-refractivity contribution is 7.91. The number of rotatable bonds is 1. The van der Waals surface area contributed by atoms with Crippen LogP contribution in [0.5, 0.6) is 0 Å². The Bertz CT molecular complexity index is 940. The predicted molar refractivity (Wildman–Crippen MR) is 82.2 cm³/mol. The van der Waals surface area contributed by atoms with E-state index in [-0.39, 0.29) is 16.0 Å². The third-order valence-corrected chi connectivity index (χ3v) is 5.40. The molecule has 0 atom stereocenters. The molecule has 0 saturated carbocycles. The van der Waals surface area contributed by atoms with Crippen LogP contribution in [0.3, 0.4) is 0 Å². The third-order valence-electron chi connectivity index (χ3n) is 3.68. The maximum Gasteiger partial charge on any atom is 0.416 e. The molecule has 0 radical (unpaired) electrons. The monoisotopic (exact) mass is 352 g/mol. The Morgan fingerprint density at radius 1 is 0.958 bits per heavy atom. The zero-order valence-electron chi connectivity index (χ0n) is 12.2. The smallest absolute Gasteiger partial charge is 0.289 e. The molecular weight excluding hydrogens is 341 g/mol. The molecule has 1 aliphatic heterocycles. The van der Waals surface area contributed by atoms with Crippen LogP contribution in [-0.4, -0.2) is 20.0 Å². The van der Waals surface area contributed by atoms with Crippen molar-refractivity contribution in [3.05, 3.63) is 70.8 Å². The molecule has 0 bridgehead atoms. The zero-order valence-corrected chi connectivity index (χ0v) is 13.0. The minimum atomic E-state index is -4.45. The predicted octanol–water partition coefficient (Wildman–Crippen LogP) is 3.76. The van der Waals surface area contributed by atoms with Crippen LogP contribution in [-0.2, 0) is 16.0 Å². The van der Waals surface area contributed by atoms with E-state index in [1.165, 1.54) is 36.4 Å². The molecule has 24 heavy (non-hydrogen) atoms. The maximum atomic E-state index is 12.6. The lowest BCUT2D eigenvalue weighted by atomic mass is 10.0. The molecule has 0 aromatic heterocycles. The van der Waals surface area contributed by atoms with Gasteiger partial charge in [0.25, 0.3) is 0 Å².